The zero-order valence-electron chi connectivity index (χ0n) is 14.6. The molecule has 0 amide bonds. The fourth-order valence-corrected chi connectivity index (χ4v) is 2.83. The van der Waals surface area contributed by atoms with Crippen LogP contribution in [-0.4, -0.2) is 15.9 Å². The second kappa shape index (κ2) is 8.62. The maximum Gasteiger partial charge on any atom is 0.451 e. The van der Waals surface area contributed by atoms with Crippen molar-refractivity contribution in [2.75, 3.05) is 0 Å². The summed E-state index contributed by atoms with van der Waals surface area (Å²) < 4.78 is 44.4. The molecule has 3 rings (SSSR count). The minimum atomic E-state index is -4.89. The van der Waals surface area contributed by atoms with Gasteiger partial charge in [-0.15, -0.1) is 0 Å². The van der Waals surface area contributed by atoms with Crippen LogP contribution >= 0.6 is 24.5 Å². The summed E-state index contributed by atoms with van der Waals surface area (Å²) in [6.45, 7) is 0. The predicted molar refractivity (Wildman–Crippen MR) is 106 cm³/mol. The average molecular weight is 452 g/mol. The largest absolute Gasteiger partial charge is 0.451 e. The Morgan fingerprint density at radius 3 is 2.20 bits per heavy atom. The summed E-state index contributed by atoms with van der Waals surface area (Å²) in [5.41, 5.74) is 9.50. The normalized spacial score (nSPS) is 11.0. The molecule has 1 aromatic heterocycles. The minimum absolute atomic E-state index is 0.0713. The predicted octanol–water partition coefficient (Wildman–Crippen LogP) is 6.43. The molecule has 0 fully saturated rings. The third kappa shape index (κ3) is 4.48. The number of hydrogen-bond acceptors (Lipinski definition) is 6. The van der Waals surface area contributed by atoms with Crippen LogP contribution in [0.3, 0.4) is 0 Å². The number of benzene rings is 2. The Morgan fingerprint density at radius 2 is 1.67 bits per heavy atom. The van der Waals surface area contributed by atoms with E-state index in [4.69, 9.17) is 17.1 Å². The smallest absolute Gasteiger partial charge is 0.391 e. The lowest BCUT2D eigenvalue weighted by molar-refractivity contribution is -0.144. The number of thiol groups is 1. The summed E-state index contributed by atoms with van der Waals surface area (Å²) in [6, 6.07) is 11.5. The number of halogens is 4. The molecular formula is C18H9ClF3N5O2S. The zero-order chi connectivity index (χ0) is 21.9. The van der Waals surface area contributed by atoms with Crippen molar-refractivity contribution < 1.29 is 22.1 Å². The van der Waals surface area contributed by atoms with Crippen molar-refractivity contribution in [2.24, 2.45) is 5.11 Å². The van der Waals surface area contributed by atoms with Gasteiger partial charge in [0.05, 0.1) is 11.3 Å². The first-order chi connectivity index (χ1) is 14.2. The van der Waals surface area contributed by atoms with E-state index in [1.165, 1.54) is 48.5 Å². The number of nitrogens with zero attached hydrogens (tertiary/aromatic N) is 5. The summed E-state index contributed by atoms with van der Waals surface area (Å²) in [6.07, 6.45) is -4.89. The molecule has 1 heterocycles. The molecule has 0 spiro atoms. The molecule has 0 unspecified atom stereocenters. The van der Waals surface area contributed by atoms with Crippen LogP contribution in [0.15, 0.2) is 53.6 Å². The van der Waals surface area contributed by atoms with Gasteiger partial charge in [0.2, 0.25) is 5.82 Å². The Labute approximate surface area is 177 Å². The number of azide groups is 1. The molecule has 0 radical (unpaired) electrons. The van der Waals surface area contributed by atoms with Gasteiger partial charge in [-0.3, -0.25) is 0 Å². The fraction of sp³-hybridized carbons (Fsp3) is 0.0556. The lowest BCUT2D eigenvalue weighted by atomic mass is 9.98. The summed E-state index contributed by atoms with van der Waals surface area (Å²) in [7, 11) is 0. The number of carbonyl (C=O) groups excluding carboxylic acids is 1. The number of alkyl halides is 3. The highest BCUT2D eigenvalue weighted by molar-refractivity contribution is 7.75. The Balaban J connectivity index is 2.32. The highest BCUT2D eigenvalue weighted by atomic mass is 35.5. The van der Waals surface area contributed by atoms with E-state index in [2.05, 4.69) is 37.1 Å². The van der Waals surface area contributed by atoms with Crippen LogP contribution in [0.4, 0.5) is 19.0 Å². The first-order valence-electron chi connectivity index (χ1n) is 8.01. The highest BCUT2D eigenvalue weighted by Crippen LogP contribution is 2.40. The van der Waals surface area contributed by atoms with Crippen LogP contribution in [0, 0.1) is 0 Å². The lowest BCUT2D eigenvalue weighted by Gasteiger charge is -2.15. The van der Waals surface area contributed by atoms with Gasteiger partial charge in [-0.1, -0.05) is 35.9 Å². The van der Waals surface area contributed by atoms with Crippen molar-refractivity contribution >= 4 is 36.3 Å². The van der Waals surface area contributed by atoms with Gasteiger partial charge in [0.1, 0.15) is 5.82 Å². The van der Waals surface area contributed by atoms with E-state index in [0.29, 0.717) is 10.6 Å². The molecule has 12 heteroatoms. The Morgan fingerprint density at radius 1 is 1.07 bits per heavy atom. The van der Waals surface area contributed by atoms with E-state index >= 15 is 0 Å². The molecule has 0 bridgehead atoms. The summed E-state index contributed by atoms with van der Waals surface area (Å²) >= 11 is 9.32. The molecule has 30 heavy (non-hydrogen) atoms. The molecule has 0 saturated carbocycles. The molecule has 3 aromatic rings. The minimum Gasteiger partial charge on any atom is -0.391 e. The van der Waals surface area contributed by atoms with Gasteiger partial charge in [0.15, 0.2) is 0 Å². The van der Waals surface area contributed by atoms with E-state index in [9.17, 15) is 18.0 Å². The number of carbonyl (C=O) groups is 1. The fourth-order valence-electron chi connectivity index (χ4n) is 2.60. The van der Waals surface area contributed by atoms with Gasteiger partial charge in [0.25, 0.3) is 0 Å². The molecule has 0 N–H and O–H groups in total. The second-order valence-corrected chi connectivity index (χ2v) is 6.36. The maximum atomic E-state index is 13.4. The first kappa shape index (κ1) is 21.4. The Bertz CT molecular complexity index is 1150. The molecule has 0 aliphatic heterocycles. The van der Waals surface area contributed by atoms with E-state index < -0.39 is 23.8 Å². The van der Waals surface area contributed by atoms with Crippen LogP contribution in [-0.2, 0) is 10.4 Å². The van der Waals surface area contributed by atoms with Gasteiger partial charge < -0.3 is 4.18 Å². The zero-order valence-corrected chi connectivity index (χ0v) is 16.3. The van der Waals surface area contributed by atoms with Gasteiger partial charge in [0, 0.05) is 34.0 Å². The van der Waals surface area contributed by atoms with E-state index in [1.807, 2.05) is 0 Å². The monoisotopic (exact) mass is 451 g/mol. The van der Waals surface area contributed by atoms with Crippen LogP contribution in [0.5, 0.6) is 0 Å². The maximum absolute atomic E-state index is 13.4. The van der Waals surface area contributed by atoms with E-state index in [1.54, 1.807) is 0 Å². The first-order valence-corrected chi connectivity index (χ1v) is 8.75. The van der Waals surface area contributed by atoms with Crippen LogP contribution in [0.2, 0.25) is 5.02 Å². The molecule has 2 aromatic carbocycles. The van der Waals surface area contributed by atoms with Crippen molar-refractivity contribution in [3.63, 3.8) is 0 Å². The van der Waals surface area contributed by atoms with Gasteiger partial charge in [-0.2, -0.15) is 13.2 Å². The average Bonchev–Trinajstić information content (AvgIpc) is 2.73. The molecule has 152 valence electrons. The van der Waals surface area contributed by atoms with E-state index in [-0.39, 0.29) is 22.4 Å². The molecule has 7 nitrogen and oxygen atoms in total. The third-order valence-corrected chi connectivity index (χ3v) is 4.31. The van der Waals surface area contributed by atoms with Crippen molar-refractivity contribution in [3.05, 3.63) is 75.4 Å². The van der Waals surface area contributed by atoms with Gasteiger partial charge >= 0.3 is 12.1 Å². The Kier molecular flexibility index (Phi) is 6.16. The summed E-state index contributed by atoms with van der Waals surface area (Å²) in [4.78, 5) is 21.2. The standard InChI is InChI=1S/C18H9ClF3N5O2S/c19-12-7-5-9(6-8-12)13-14(10-1-3-11(4-2-10)16(28)29-30)24-17(18(20,21)22)25-15(13)26-27-23/h1-8,30H. The van der Waals surface area contributed by atoms with Gasteiger partial charge in [-0.25, -0.2) is 14.8 Å². The topological polar surface area (TPSA) is 101 Å². The third-order valence-electron chi connectivity index (χ3n) is 3.89. The molecule has 0 saturated heterocycles. The van der Waals surface area contributed by atoms with Crippen molar-refractivity contribution in [1.82, 2.24) is 9.97 Å². The quantitative estimate of drug-likeness (QED) is 0.162. The second-order valence-electron chi connectivity index (χ2n) is 5.74. The molecule has 0 atom stereocenters. The lowest BCUT2D eigenvalue weighted by Crippen LogP contribution is -2.12. The van der Waals surface area contributed by atoms with Crippen LogP contribution < -0.4 is 0 Å². The summed E-state index contributed by atoms with van der Waals surface area (Å²) in [5, 5.41) is 3.73. The molecule has 0 aliphatic carbocycles. The van der Waals surface area contributed by atoms with Crippen LogP contribution in [0.1, 0.15) is 16.2 Å². The van der Waals surface area contributed by atoms with Crippen molar-refractivity contribution in [1.29, 1.82) is 0 Å². The summed E-state index contributed by atoms with van der Waals surface area (Å²) in [5.74, 6) is -2.72. The number of rotatable bonds is 4. The van der Waals surface area contributed by atoms with Crippen LogP contribution in [0.25, 0.3) is 32.8 Å². The van der Waals surface area contributed by atoms with Crippen molar-refractivity contribution in [3.8, 4) is 22.4 Å². The number of aromatic nitrogens is 2. The number of hydrogen-bond donors (Lipinski definition) is 1. The van der Waals surface area contributed by atoms with Gasteiger partial charge in [-0.05, 0) is 40.5 Å². The SMILES string of the molecule is [N-]=[N+]=Nc1nc(C(F)(F)F)nc(-c2ccc(C(=O)OS)cc2)c1-c1ccc(Cl)cc1. The van der Waals surface area contributed by atoms with Crippen molar-refractivity contribution in [2.45, 2.75) is 6.18 Å². The highest BCUT2D eigenvalue weighted by Gasteiger charge is 2.36. The van der Waals surface area contributed by atoms with E-state index in [0.717, 1.165) is 0 Å². The molecular weight excluding hydrogens is 443 g/mol. The Hall–Kier alpha value is -3.27. The molecule has 0 aliphatic rings.